The number of carbonyl (C=O) groups excluding carboxylic acids is 3. The van der Waals surface area contributed by atoms with Gasteiger partial charge in [0.15, 0.2) is 5.96 Å². The summed E-state index contributed by atoms with van der Waals surface area (Å²) in [5, 5.41) is 33.1. The Morgan fingerprint density at radius 2 is 1.58 bits per heavy atom. The predicted octanol–water partition coefficient (Wildman–Crippen LogP) is -4.61. The monoisotopic (exact) mass is 447 g/mol. The highest BCUT2D eigenvalue weighted by Gasteiger charge is 2.27. The van der Waals surface area contributed by atoms with Gasteiger partial charge in [0.25, 0.3) is 0 Å². The number of nitrogens with two attached hydrogens (primary N) is 3. The van der Waals surface area contributed by atoms with E-state index in [9.17, 15) is 24.0 Å². The van der Waals surface area contributed by atoms with E-state index in [0.717, 1.165) is 0 Å². The molecule has 3 atom stereocenters. The molecular weight excluding hydrogens is 418 g/mol. The van der Waals surface area contributed by atoms with Crippen LogP contribution in [0.15, 0.2) is 4.99 Å². The average Bonchev–Trinajstić information content (AvgIpc) is 2.69. The van der Waals surface area contributed by atoms with Gasteiger partial charge in [-0.2, -0.15) is 0 Å². The van der Waals surface area contributed by atoms with Crippen LogP contribution in [0.25, 0.3) is 0 Å². The Labute approximate surface area is 177 Å². The Kier molecular flexibility index (Phi) is 12.9. The fourth-order valence-electron chi connectivity index (χ4n) is 2.19. The smallest absolute Gasteiger partial charge is 0.328 e. The first-order valence-electron chi connectivity index (χ1n) is 9.21. The molecule has 0 rings (SSSR count). The van der Waals surface area contributed by atoms with E-state index >= 15 is 0 Å². The van der Waals surface area contributed by atoms with E-state index in [2.05, 4.69) is 15.6 Å². The van der Waals surface area contributed by atoms with E-state index in [4.69, 9.17) is 32.5 Å². The van der Waals surface area contributed by atoms with Crippen molar-refractivity contribution in [2.45, 2.75) is 43.8 Å². The quantitative estimate of drug-likeness (QED) is 0.0654. The number of aliphatic imine (C=N–C) groups is 1. The van der Waals surface area contributed by atoms with Crippen LogP contribution in [0.4, 0.5) is 0 Å². The number of guanidine groups is 1. The van der Waals surface area contributed by atoms with Gasteiger partial charge in [0.1, 0.15) is 12.1 Å². The number of rotatable bonds is 15. The molecule has 0 bridgehead atoms. The summed E-state index contributed by atoms with van der Waals surface area (Å²) in [4.78, 5) is 61.6. The van der Waals surface area contributed by atoms with Crippen molar-refractivity contribution in [1.29, 1.82) is 0 Å². The first-order chi connectivity index (χ1) is 14.5. The third-order valence-electron chi connectivity index (χ3n) is 3.82. The van der Waals surface area contributed by atoms with Gasteiger partial charge in [-0.05, 0) is 19.3 Å². The van der Waals surface area contributed by atoms with E-state index in [1.807, 2.05) is 5.32 Å². The van der Waals surface area contributed by atoms with Crippen LogP contribution in [-0.2, 0) is 24.0 Å². The molecular formula is C16H29N7O8. The van der Waals surface area contributed by atoms with Crippen molar-refractivity contribution in [1.82, 2.24) is 16.0 Å². The normalized spacial score (nSPS) is 13.2. The molecule has 0 spiro atoms. The van der Waals surface area contributed by atoms with Crippen molar-refractivity contribution in [3.8, 4) is 0 Å². The summed E-state index contributed by atoms with van der Waals surface area (Å²) in [5.41, 5.74) is 16.0. The highest BCUT2D eigenvalue weighted by atomic mass is 16.4. The summed E-state index contributed by atoms with van der Waals surface area (Å²) in [6.45, 7) is -1.19. The van der Waals surface area contributed by atoms with Gasteiger partial charge in [-0.25, -0.2) is 4.79 Å². The molecule has 176 valence electrons. The minimum absolute atomic E-state index is 0.0927. The Bertz CT molecular complexity index is 681. The molecule has 12 N–H and O–H groups in total. The van der Waals surface area contributed by atoms with Crippen LogP contribution in [0, 0.1) is 0 Å². The zero-order valence-electron chi connectivity index (χ0n) is 16.7. The highest BCUT2D eigenvalue weighted by Crippen LogP contribution is 2.00. The molecule has 0 heterocycles. The molecule has 0 aromatic rings. The number of nitrogens with one attached hydrogen (secondary N) is 3. The number of aliphatic hydroxyl groups excluding tert-OH is 1. The van der Waals surface area contributed by atoms with Gasteiger partial charge in [0.2, 0.25) is 17.7 Å². The number of carbonyl (C=O) groups is 5. The largest absolute Gasteiger partial charge is 0.481 e. The van der Waals surface area contributed by atoms with Crippen LogP contribution in [0.3, 0.4) is 0 Å². The number of aliphatic hydroxyl groups is 1. The average molecular weight is 447 g/mol. The fraction of sp³-hybridized carbons (Fsp3) is 0.625. The first kappa shape index (κ1) is 27.5. The second kappa shape index (κ2) is 14.5. The lowest BCUT2D eigenvalue weighted by molar-refractivity contribution is -0.144. The van der Waals surface area contributed by atoms with Crippen LogP contribution in [0.5, 0.6) is 0 Å². The van der Waals surface area contributed by atoms with Crippen molar-refractivity contribution in [2.24, 2.45) is 22.2 Å². The maximum Gasteiger partial charge on any atom is 0.328 e. The van der Waals surface area contributed by atoms with Crippen molar-refractivity contribution >= 4 is 35.6 Å². The van der Waals surface area contributed by atoms with Gasteiger partial charge in [-0.3, -0.25) is 24.2 Å². The standard InChI is InChI=1S/C16H29N7O8/c17-8(2-1-5-20-16(18)19)13(28)21-6-11(25)22-9(3-4-12(26)27)14(29)23-10(7-24)15(30)31/h8-10,24H,1-7,17H2,(H,21,28)(H,22,25)(H,23,29)(H,26,27)(H,30,31)(H4,18,19,20)/t8-,9-,10+/m0/s1. The third-order valence-corrected chi connectivity index (χ3v) is 3.82. The predicted molar refractivity (Wildman–Crippen MR) is 106 cm³/mol. The molecule has 0 aliphatic carbocycles. The maximum absolute atomic E-state index is 12.2. The second-order valence-corrected chi connectivity index (χ2v) is 6.41. The molecule has 3 amide bonds. The minimum atomic E-state index is -1.63. The third kappa shape index (κ3) is 12.7. The van der Waals surface area contributed by atoms with Gasteiger partial charge in [-0.1, -0.05) is 0 Å². The van der Waals surface area contributed by atoms with E-state index in [-0.39, 0.29) is 25.3 Å². The molecule has 0 aliphatic heterocycles. The van der Waals surface area contributed by atoms with Crippen LogP contribution in [-0.4, -0.2) is 88.8 Å². The van der Waals surface area contributed by atoms with Crippen LogP contribution in [0.2, 0.25) is 0 Å². The van der Waals surface area contributed by atoms with Crippen LogP contribution in [0.1, 0.15) is 25.7 Å². The van der Waals surface area contributed by atoms with Crippen molar-refractivity contribution < 1.29 is 39.3 Å². The molecule has 0 saturated heterocycles. The molecule has 0 unspecified atom stereocenters. The van der Waals surface area contributed by atoms with Crippen LogP contribution >= 0.6 is 0 Å². The number of hydrogen-bond donors (Lipinski definition) is 9. The molecule has 31 heavy (non-hydrogen) atoms. The van der Waals surface area contributed by atoms with E-state index in [1.165, 1.54) is 0 Å². The van der Waals surface area contributed by atoms with Crippen molar-refractivity contribution in [3.05, 3.63) is 0 Å². The summed E-state index contributed by atoms with van der Waals surface area (Å²) in [5.74, 6) is -5.33. The zero-order valence-corrected chi connectivity index (χ0v) is 16.7. The van der Waals surface area contributed by atoms with Gasteiger partial charge in [-0.15, -0.1) is 0 Å². The molecule has 0 radical (unpaired) electrons. The summed E-state index contributed by atoms with van der Waals surface area (Å²) >= 11 is 0. The van der Waals surface area contributed by atoms with E-state index in [0.29, 0.717) is 6.42 Å². The lowest BCUT2D eigenvalue weighted by Gasteiger charge is -2.20. The number of amides is 3. The van der Waals surface area contributed by atoms with Gasteiger partial charge < -0.3 is 48.5 Å². The maximum atomic E-state index is 12.2. The Morgan fingerprint density at radius 3 is 2.10 bits per heavy atom. The minimum Gasteiger partial charge on any atom is -0.481 e. The molecule has 0 saturated carbocycles. The SMILES string of the molecule is NC(N)=NCCC[C@H](N)C(=O)NCC(=O)N[C@@H](CCC(=O)O)C(=O)N[C@H](CO)C(=O)O. The molecule has 0 fully saturated rings. The molecule has 0 aromatic carbocycles. The number of carboxylic acid groups (broad SMARTS) is 2. The fourth-order valence-corrected chi connectivity index (χ4v) is 2.19. The van der Waals surface area contributed by atoms with E-state index < -0.39 is 67.4 Å². The zero-order chi connectivity index (χ0) is 24.0. The number of hydrogen-bond acceptors (Lipinski definition) is 8. The highest BCUT2D eigenvalue weighted by molar-refractivity contribution is 5.92. The van der Waals surface area contributed by atoms with Crippen LogP contribution < -0.4 is 33.2 Å². The summed E-state index contributed by atoms with van der Waals surface area (Å²) in [7, 11) is 0. The van der Waals surface area contributed by atoms with Gasteiger partial charge in [0.05, 0.1) is 19.2 Å². The van der Waals surface area contributed by atoms with Gasteiger partial charge >= 0.3 is 11.9 Å². The number of nitrogens with zero attached hydrogens (tertiary/aromatic N) is 1. The summed E-state index contributed by atoms with van der Waals surface area (Å²) in [6, 6.07) is -3.97. The lowest BCUT2D eigenvalue weighted by atomic mass is 10.1. The molecule has 15 nitrogen and oxygen atoms in total. The van der Waals surface area contributed by atoms with Crippen molar-refractivity contribution in [3.63, 3.8) is 0 Å². The Morgan fingerprint density at radius 1 is 0.935 bits per heavy atom. The lowest BCUT2D eigenvalue weighted by Crippen LogP contribution is -2.54. The Balaban J connectivity index is 4.71. The van der Waals surface area contributed by atoms with Gasteiger partial charge in [0, 0.05) is 13.0 Å². The summed E-state index contributed by atoms with van der Waals surface area (Å²) in [6.07, 6.45) is -0.178. The topological polar surface area (TPSA) is 273 Å². The van der Waals surface area contributed by atoms with E-state index in [1.54, 1.807) is 0 Å². The molecule has 15 heteroatoms. The first-order valence-corrected chi connectivity index (χ1v) is 9.21. The molecule has 0 aliphatic rings. The Hall–Kier alpha value is -3.46. The van der Waals surface area contributed by atoms with Crippen molar-refractivity contribution in [2.75, 3.05) is 19.7 Å². The number of carboxylic acids is 2. The summed E-state index contributed by atoms with van der Waals surface area (Å²) < 4.78 is 0. The molecule has 0 aromatic heterocycles. The second-order valence-electron chi connectivity index (χ2n) is 6.41. The number of aliphatic carboxylic acids is 2.